The van der Waals surface area contributed by atoms with Gasteiger partial charge in [0, 0.05) is 13.1 Å². The molecule has 1 aromatic carbocycles. The lowest BCUT2D eigenvalue weighted by molar-refractivity contribution is 0.0192. The third kappa shape index (κ3) is 5.54. The van der Waals surface area contributed by atoms with Crippen molar-refractivity contribution in [3.63, 3.8) is 0 Å². The topological polar surface area (TPSA) is 41.6 Å². The standard InChI is InChI=1S/C19H30N2O2/c1-14-11-17(20-18(22)23-19(3,4)5)21(12-15(14)2)13-16-9-7-6-8-10-16/h6-10,14-15,17H,11-13H2,1-5H3,(H,20,22)/t14-,15-,17+/m1/s1. The molecule has 0 radical (unpaired) electrons. The van der Waals surface area contributed by atoms with Gasteiger partial charge in [-0.1, -0.05) is 44.2 Å². The van der Waals surface area contributed by atoms with Crippen molar-refractivity contribution in [3.8, 4) is 0 Å². The molecule has 1 aromatic rings. The third-order valence-corrected chi connectivity index (χ3v) is 4.44. The SMILES string of the molecule is C[C@@H]1C[C@@H](NC(=O)OC(C)(C)C)N(Cc2ccccc2)C[C@H]1C. The minimum atomic E-state index is -0.470. The van der Waals surface area contributed by atoms with Crippen LogP contribution in [-0.4, -0.2) is 29.3 Å². The van der Waals surface area contributed by atoms with Gasteiger partial charge in [-0.2, -0.15) is 0 Å². The predicted octanol–water partition coefficient (Wildman–Crippen LogP) is 4.02. The Kier molecular flexibility index (Phi) is 5.69. The molecule has 4 nitrogen and oxygen atoms in total. The monoisotopic (exact) mass is 318 g/mol. The van der Waals surface area contributed by atoms with E-state index in [1.807, 2.05) is 26.8 Å². The average molecular weight is 318 g/mol. The van der Waals surface area contributed by atoms with Gasteiger partial charge in [0.05, 0.1) is 6.17 Å². The van der Waals surface area contributed by atoms with E-state index >= 15 is 0 Å². The number of amides is 1. The third-order valence-electron chi connectivity index (χ3n) is 4.44. The van der Waals surface area contributed by atoms with Crippen LogP contribution in [-0.2, 0) is 11.3 Å². The maximum atomic E-state index is 12.2. The van der Waals surface area contributed by atoms with Gasteiger partial charge in [0.2, 0.25) is 0 Å². The van der Waals surface area contributed by atoms with E-state index in [0.29, 0.717) is 11.8 Å². The number of nitrogens with one attached hydrogen (secondary N) is 1. The zero-order valence-corrected chi connectivity index (χ0v) is 15.0. The molecule has 0 bridgehead atoms. The molecule has 23 heavy (non-hydrogen) atoms. The van der Waals surface area contributed by atoms with Crippen molar-refractivity contribution in [2.24, 2.45) is 11.8 Å². The van der Waals surface area contributed by atoms with Crippen molar-refractivity contribution in [2.45, 2.75) is 59.4 Å². The fraction of sp³-hybridized carbons (Fsp3) is 0.632. The summed E-state index contributed by atoms with van der Waals surface area (Å²) < 4.78 is 5.42. The van der Waals surface area contributed by atoms with Crippen LogP contribution in [0.1, 0.15) is 46.6 Å². The van der Waals surface area contributed by atoms with Gasteiger partial charge in [0.1, 0.15) is 5.60 Å². The Morgan fingerprint density at radius 2 is 1.87 bits per heavy atom. The number of carbonyl (C=O) groups is 1. The summed E-state index contributed by atoms with van der Waals surface area (Å²) in [4.78, 5) is 14.5. The van der Waals surface area contributed by atoms with Crippen LogP contribution in [0.5, 0.6) is 0 Å². The molecule has 1 fully saturated rings. The lowest BCUT2D eigenvalue weighted by Gasteiger charge is -2.42. The summed E-state index contributed by atoms with van der Waals surface area (Å²) in [5, 5.41) is 3.06. The summed E-state index contributed by atoms with van der Waals surface area (Å²) in [5.41, 5.74) is 0.798. The highest BCUT2D eigenvalue weighted by molar-refractivity contribution is 5.68. The number of rotatable bonds is 3. The number of benzene rings is 1. The van der Waals surface area contributed by atoms with Gasteiger partial charge in [-0.3, -0.25) is 4.90 Å². The van der Waals surface area contributed by atoms with Crippen LogP contribution in [0.3, 0.4) is 0 Å². The zero-order valence-electron chi connectivity index (χ0n) is 15.0. The van der Waals surface area contributed by atoms with Crippen LogP contribution in [0, 0.1) is 11.8 Å². The number of ether oxygens (including phenoxy) is 1. The lowest BCUT2D eigenvalue weighted by Crippen LogP contribution is -2.54. The van der Waals surface area contributed by atoms with E-state index in [-0.39, 0.29) is 12.3 Å². The van der Waals surface area contributed by atoms with Crippen LogP contribution in [0.4, 0.5) is 4.79 Å². The largest absolute Gasteiger partial charge is 0.444 e. The van der Waals surface area contributed by atoms with Crippen LogP contribution >= 0.6 is 0 Å². The highest BCUT2D eigenvalue weighted by Gasteiger charge is 2.32. The Balaban J connectivity index is 2.04. The first-order valence-corrected chi connectivity index (χ1v) is 8.52. The molecule has 1 aliphatic heterocycles. The van der Waals surface area contributed by atoms with Crippen LogP contribution < -0.4 is 5.32 Å². The van der Waals surface area contributed by atoms with Crippen molar-refractivity contribution in [1.82, 2.24) is 10.2 Å². The maximum Gasteiger partial charge on any atom is 0.408 e. The predicted molar refractivity (Wildman–Crippen MR) is 93.0 cm³/mol. The molecule has 2 rings (SSSR count). The van der Waals surface area contributed by atoms with Gasteiger partial charge in [-0.05, 0) is 44.6 Å². The average Bonchev–Trinajstić information content (AvgIpc) is 2.43. The summed E-state index contributed by atoms with van der Waals surface area (Å²) in [6.07, 6.45) is 0.645. The van der Waals surface area contributed by atoms with Crippen molar-refractivity contribution >= 4 is 6.09 Å². The molecule has 3 atom stereocenters. The van der Waals surface area contributed by atoms with E-state index < -0.39 is 5.60 Å². The molecule has 4 heteroatoms. The van der Waals surface area contributed by atoms with Gasteiger partial charge in [0.25, 0.3) is 0 Å². The molecular formula is C19H30N2O2. The molecule has 1 N–H and O–H groups in total. The molecule has 128 valence electrons. The highest BCUT2D eigenvalue weighted by Crippen LogP contribution is 2.27. The molecule has 0 unspecified atom stereocenters. The van der Waals surface area contributed by atoms with Crippen molar-refractivity contribution in [3.05, 3.63) is 35.9 Å². The summed E-state index contributed by atoms with van der Waals surface area (Å²) in [6.45, 7) is 12.0. The molecule has 0 aliphatic carbocycles. The molecule has 0 saturated carbocycles. The van der Waals surface area contributed by atoms with E-state index in [9.17, 15) is 4.79 Å². The summed E-state index contributed by atoms with van der Waals surface area (Å²) in [6, 6.07) is 10.4. The molecule has 1 saturated heterocycles. The van der Waals surface area contributed by atoms with Crippen molar-refractivity contribution < 1.29 is 9.53 Å². The van der Waals surface area contributed by atoms with Gasteiger partial charge >= 0.3 is 6.09 Å². The van der Waals surface area contributed by atoms with E-state index in [1.54, 1.807) is 0 Å². The zero-order chi connectivity index (χ0) is 17.0. The highest BCUT2D eigenvalue weighted by atomic mass is 16.6. The van der Waals surface area contributed by atoms with Crippen molar-refractivity contribution in [1.29, 1.82) is 0 Å². The van der Waals surface area contributed by atoms with E-state index in [4.69, 9.17) is 4.74 Å². The van der Waals surface area contributed by atoms with E-state index in [0.717, 1.165) is 19.5 Å². The normalized spacial score (nSPS) is 25.9. The smallest absolute Gasteiger partial charge is 0.408 e. The van der Waals surface area contributed by atoms with Crippen LogP contribution in [0.2, 0.25) is 0 Å². The first kappa shape index (κ1) is 17.8. The Morgan fingerprint density at radius 3 is 2.48 bits per heavy atom. The van der Waals surface area contributed by atoms with Gasteiger partial charge in [-0.25, -0.2) is 4.79 Å². The Hall–Kier alpha value is -1.55. The first-order valence-electron chi connectivity index (χ1n) is 8.52. The number of carbonyl (C=O) groups excluding carboxylic acids is 1. The number of alkyl carbamates (subject to hydrolysis) is 1. The molecule has 1 amide bonds. The minimum Gasteiger partial charge on any atom is -0.444 e. The lowest BCUT2D eigenvalue weighted by atomic mass is 9.86. The number of hydrogen-bond donors (Lipinski definition) is 1. The quantitative estimate of drug-likeness (QED) is 0.915. The Morgan fingerprint density at radius 1 is 1.22 bits per heavy atom. The van der Waals surface area contributed by atoms with Gasteiger partial charge in [-0.15, -0.1) is 0 Å². The maximum absolute atomic E-state index is 12.2. The molecule has 1 aliphatic rings. The number of likely N-dealkylation sites (tertiary alicyclic amines) is 1. The molecule has 0 spiro atoms. The van der Waals surface area contributed by atoms with Crippen LogP contribution in [0.25, 0.3) is 0 Å². The second-order valence-corrected chi connectivity index (χ2v) is 7.77. The van der Waals surface area contributed by atoms with E-state index in [2.05, 4.69) is 48.3 Å². The fourth-order valence-electron chi connectivity index (χ4n) is 3.00. The summed E-state index contributed by atoms with van der Waals surface area (Å²) >= 11 is 0. The fourth-order valence-corrected chi connectivity index (χ4v) is 3.00. The van der Waals surface area contributed by atoms with Crippen LogP contribution in [0.15, 0.2) is 30.3 Å². The minimum absolute atomic E-state index is 0.0243. The number of piperidine rings is 1. The second-order valence-electron chi connectivity index (χ2n) is 7.77. The second kappa shape index (κ2) is 7.35. The molecular weight excluding hydrogens is 288 g/mol. The Bertz CT molecular complexity index is 510. The number of nitrogens with zero attached hydrogens (tertiary/aromatic N) is 1. The summed E-state index contributed by atoms with van der Waals surface area (Å²) in [5.74, 6) is 1.21. The van der Waals surface area contributed by atoms with E-state index in [1.165, 1.54) is 5.56 Å². The first-order chi connectivity index (χ1) is 10.7. The molecule has 0 aromatic heterocycles. The Labute approximate surface area is 140 Å². The van der Waals surface area contributed by atoms with Gasteiger partial charge < -0.3 is 10.1 Å². The van der Waals surface area contributed by atoms with Gasteiger partial charge in [0.15, 0.2) is 0 Å². The number of hydrogen-bond acceptors (Lipinski definition) is 3. The summed E-state index contributed by atoms with van der Waals surface area (Å²) in [7, 11) is 0. The molecule has 1 heterocycles. The van der Waals surface area contributed by atoms with Crippen molar-refractivity contribution in [2.75, 3.05) is 6.54 Å².